The van der Waals surface area contributed by atoms with Gasteiger partial charge in [-0.1, -0.05) is 39.8 Å². The van der Waals surface area contributed by atoms with E-state index in [0.717, 1.165) is 4.90 Å². The molecule has 2 heterocycles. The molecule has 0 aromatic heterocycles. The summed E-state index contributed by atoms with van der Waals surface area (Å²) < 4.78 is 29.2. The summed E-state index contributed by atoms with van der Waals surface area (Å²) in [5, 5.41) is 0. The molecule has 2 aliphatic heterocycles. The molecule has 2 atom stereocenters. The number of esters is 1. The van der Waals surface area contributed by atoms with E-state index >= 15 is 0 Å². The van der Waals surface area contributed by atoms with Crippen LogP contribution in [0.1, 0.15) is 61.3 Å². The Labute approximate surface area is 200 Å². The Morgan fingerprint density at radius 3 is 2.12 bits per heavy atom. The molecule has 3 rings (SSSR count). The monoisotopic (exact) mass is 492 g/mol. The van der Waals surface area contributed by atoms with Gasteiger partial charge in [0, 0.05) is 12.6 Å². The Balaban J connectivity index is 1.74. The Morgan fingerprint density at radius 1 is 1.06 bits per heavy atom. The molecule has 9 nitrogen and oxygen atoms in total. The highest BCUT2D eigenvalue weighted by Crippen LogP contribution is 2.27. The molecule has 2 unspecified atom stereocenters. The number of amides is 3. The third-order valence-electron chi connectivity index (χ3n) is 5.97. The first kappa shape index (κ1) is 25.9. The van der Waals surface area contributed by atoms with Gasteiger partial charge in [0.15, 0.2) is 16.4 Å². The average Bonchev–Trinajstić information content (AvgIpc) is 3.24. The van der Waals surface area contributed by atoms with Gasteiger partial charge in [0.25, 0.3) is 17.7 Å². The largest absolute Gasteiger partial charge is 0.454 e. The van der Waals surface area contributed by atoms with Crippen LogP contribution in [0.2, 0.25) is 0 Å². The number of fused-ring (bicyclic) bond motifs is 1. The predicted molar refractivity (Wildman–Crippen MR) is 125 cm³/mol. The number of rotatable bonds is 9. The number of sulfone groups is 1. The first-order valence-corrected chi connectivity index (χ1v) is 13.4. The van der Waals surface area contributed by atoms with E-state index in [1.165, 1.54) is 17.0 Å². The quantitative estimate of drug-likeness (QED) is 0.382. The van der Waals surface area contributed by atoms with Crippen LogP contribution in [0.3, 0.4) is 0 Å². The Morgan fingerprint density at radius 2 is 1.65 bits per heavy atom. The second-order valence-corrected chi connectivity index (χ2v) is 12.0. The first-order valence-electron chi connectivity index (χ1n) is 11.5. The lowest BCUT2D eigenvalue weighted by atomic mass is 10.0. The van der Waals surface area contributed by atoms with Gasteiger partial charge in [-0.05, 0) is 36.8 Å². The second kappa shape index (κ2) is 10.2. The molecular formula is C24H32N2O7S. The fourth-order valence-corrected chi connectivity index (χ4v) is 6.16. The number of imide groups is 1. The van der Waals surface area contributed by atoms with Crippen LogP contribution in [0.4, 0.5) is 0 Å². The molecule has 0 aliphatic carbocycles. The van der Waals surface area contributed by atoms with Crippen LogP contribution in [0, 0.1) is 11.8 Å². The Hall–Kier alpha value is -2.75. The zero-order valence-corrected chi connectivity index (χ0v) is 20.8. The highest BCUT2D eigenvalue weighted by molar-refractivity contribution is 7.91. The van der Waals surface area contributed by atoms with E-state index in [2.05, 4.69) is 0 Å². The lowest BCUT2D eigenvalue weighted by Crippen LogP contribution is -2.48. The number of ether oxygens (including phenoxy) is 1. The van der Waals surface area contributed by atoms with E-state index in [1.807, 2.05) is 27.7 Å². The van der Waals surface area contributed by atoms with Crippen molar-refractivity contribution in [1.29, 1.82) is 0 Å². The maximum absolute atomic E-state index is 13.0. The fourth-order valence-electron chi connectivity index (χ4n) is 4.43. The van der Waals surface area contributed by atoms with Crippen molar-refractivity contribution in [3.63, 3.8) is 0 Å². The van der Waals surface area contributed by atoms with Crippen molar-refractivity contribution in [2.75, 3.05) is 24.7 Å². The highest BCUT2D eigenvalue weighted by Gasteiger charge is 2.44. The van der Waals surface area contributed by atoms with Crippen LogP contribution < -0.4 is 0 Å². The minimum Gasteiger partial charge on any atom is -0.454 e. The molecule has 1 aromatic rings. The van der Waals surface area contributed by atoms with Crippen molar-refractivity contribution in [1.82, 2.24) is 9.80 Å². The van der Waals surface area contributed by atoms with Crippen molar-refractivity contribution >= 4 is 33.5 Å². The summed E-state index contributed by atoms with van der Waals surface area (Å²) in [6, 6.07) is 4.75. The summed E-state index contributed by atoms with van der Waals surface area (Å²) in [4.78, 5) is 54.2. The van der Waals surface area contributed by atoms with Crippen molar-refractivity contribution < 1.29 is 32.3 Å². The zero-order chi connectivity index (χ0) is 25.2. The molecule has 0 spiro atoms. The summed E-state index contributed by atoms with van der Waals surface area (Å²) >= 11 is 0. The van der Waals surface area contributed by atoms with E-state index in [0.29, 0.717) is 13.0 Å². The van der Waals surface area contributed by atoms with Crippen LogP contribution in [0.15, 0.2) is 24.3 Å². The molecule has 1 aromatic carbocycles. The van der Waals surface area contributed by atoms with Gasteiger partial charge in [-0.2, -0.15) is 0 Å². The van der Waals surface area contributed by atoms with Gasteiger partial charge in [-0.3, -0.25) is 19.3 Å². The molecule has 2 aliphatic rings. The average molecular weight is 493 g/mol. The molecule has 0 radical (unpaired) electrons. The molecular weight excluding hydrogens is 460 g/mol. The van der Waals surface area contributed by atoms with Crippen molar-refractivity contribution in [2.45, 2.75) is 52.6 Å². The highest BCUT2D eigenvalue weighted by atomic mass is 32.2. The standard InChI is InChI=1S/C24H32N2O7S/c1-15(2)11-20(26-22(28)18-7-5-6-8-19(18)23(26)29)24(30)33-13-21(27)25(12-16(3)4)17-9-10-34(31,32)14-17/h5-8,15-17,20H,9-14H2,1-4H3. The fraction of sp³-hybridized carbons (Fsp3) is 0.583. The summed E-state index contributed by atoms with van der Waals surface area (Å²) in [6.45, 7) is 7.29. The maximum atomic E-state index is 13.0. The number of benzene rings is 1. The minimum atomic E-state index is -3.20. The molecule has 10 heteroatoms. The Kier molecular flexibility index (Phi) is 7.80. The van der Waals surface area contributed by atoms with Crippen LogP contribution in [0.5, 0.6) is 0 Å². The van der Waals surface area contributed by atoms with Gasteiger partial charge in [0.05, 0.1) is 22.6 Å². The van der Waals surface area contributed by atoms with Crippen LogP contribution in [-0.4, -0.2) is 78.6 Å². The van der Waals surface area contributed by atoms with Gasteiger partial charge >= 0.3 is 5.97 Å². The SMILES string of the molecule is CC(C)CC(C(=O)OCC(=O)N(CC(C)C)C1CCS(=O)(=O)C1)N1C(=O)c2ccccc2C1=O. The molecule has 0 bridgehead atoms. The van der Waals surface area contributed by atoms with E-state index in [9.17, 15) is 27.6 Å². The van der Waals surface area contributed by atoms with E-state index in [-0.39, 0.29) is 40.9 Å². The van der Waals surface area contributed by atoms with Gasteiger partial charge in [0.1, 0.15) is 6.04 Å². The second-order valence-electron chi connectivity index (χ2n) is 9.78. The summed E-state index contributed by atoms with van der Waals surface area (Å²) in [7, 11) is -3.20. The number of carbonyl (C=O) groups is 4. The summed E-state index contributed by atoms with van der Waals surface area (Å²) in [6.07, 6.45) is 0.537. The zero-order valence-electron chi connectivity index (χ0n) is 20.0. The van der Waals surface area contributed by atoms with Crippen molar-refractivity contribution in [2.24, 2.45) is 11.8 Å². The lowest BCUT2D eigenvalue weighted by Gasteiger charge is -2.30. The van der Waals surface area contributed by atoms with Gasteiger partial charge in [-0.25, -0.2) is 13.2 Å². The van der Waals surface area contributed by atoms with Crippen LogP contribution in [0.25, 0.3) is 0 Å². The van der Waals surface area contributed by atoms with Gasteiger partial charge < -0.3 is 9.64 Å². The molecule has 0 saturated carbocycles. The third kappa shape index (κ3) is 5.65. The summed E-state index contributed by atoms with van der Waals surface area (Å²) in [5.41, 5.74) is 0.464. The summed E-state index contributed by atoms with van der Waals surface area (Å²) in [5.74, 6) is -2.47. The normalized spacial score (nSPS) is 20.1. The van der Waals surface area contributed by atoms with Crippen LogP contribution in [-0.2, 0) is 24.2 Å². The number of hydrogen-bond acceptors (Lipinski definition) is 7. The molecule has 3 amide bonds. The number of nitrogens with zero attached hydrogens (tertiary/aromatic N) is 2. The Bertz CT molecular complexity index is 1050. The van der Waals surface area contributed by atoms with E-state index in [1.54, 1.807) is 12.1 Å². The molecule has 186 valence electrons. The van der Waals surface area contributed by atoms with E-state index < -0.39 is 52.2 Å². The van der Waals surface area contributed by atoms with Gasteiger partial charge in [-0.15, -0.1) is 0 Å². The third-order valence-corrected chi connectivity index (χ3v) is 7.72. The molecule has 1 fully saturated rings. The maximum Gasteiger partial charge on any atom is 0.329 e. The first-order chi connectivity index (χ1) is 15.9. The predicted octanol–water partition coefficient (Wildman–Crippen LogP) is 1.91. The van der Waals surface area contributed by atoms with Crippen molar-refractivity contribution in [3.8, 4) is 0 Å². The van der Waals surface area contributed by atoms with Crippen molar-refractivity contribution in [3.05, 3.63) is 35.4 Å². The number of hydrogen-bond donors (Lipinski definition) is 0. The van der Waals surface area contributed by atoms with Crippen LogP contribution >= 0.6 is 0 Å². The minimum absolute atomic E-state index is 0.0233. The molecule has 1 saturated heterocycles. The molecule has 0 N–H and O–H groups in total. The lowest BCUT2D eigenvalue weighted by molar-refractivity contribution is -0.156. The van der Waals surface area contributed by atoms with E-state index in [4.69, 9.17) is 4.74 Å². The number of carbonyl (C=O) groups excluding carboxylic acids is 4. The topological polar surface area (TPSA) is 118 Å². The smallest absolute Gasteiger partial charge is 0.329 e. The molecule has 34 heavy (non-hydrogen) atoms. The van der Waals surface area contributed by atoms with Gasteiger partial charge in [0.2, 0.25) is 0 Å².